The van der Waals surface area contributed by atoms with Gasteiger partial charge in [-0.05, 0) is 42.0 Å². The number of pyridine rings is 1. The van der Waals surface area contributed by atoms with Crippen molar-refractivity contribution in [1.29, 1.82) is 0 Å². The highest BCUT2D eigenvalue weighted by molar-refractivity contribution is 5.87. The summed E-state index contributed by atoms with van der Waals surface area (Å²) in [6, 6.07) is 19.5. The lowest BCUT2D eigenvalue weighted by Crippen LogP contribution is -2.23. The highest BCUT2D eigenvalue weighted by Crippen LogP contribution is 2.17. The van der Waals surface area contributed by atoms with Gasteiger partial charge in [0.15, 0.2) is 5.65 Å². The fourth-order valence-corrected chi connectivity index (χ4v) is 3.00. The molecule has 0 bridgehead atoms. The van der Waals surface area contributed by atoms with E-state index in [1.165, 1.54) is 12.1 Å². The Kier molecular flexibility index (Phi) is 3.85. The third-order valence-corrected chi connectivity index (χ3v) is 4.24. The molecule has 6 heteroatoms. The Hall–Kier alpha value is -3.67. The van der Waals surface area contributed by atoms with E-state index in [0.717, 1.165) is 5.56 Å². The van der Waals surface area contributed by atoms with Crippen molar-refractivity contribution in [2.75, 3.05) is 0 Å². The van der Waals surface area contributed by atoms with Gasteiger partial charge in [0.2, 0.25) is 0 Å². The number of hydrogen-bond acceptors (Lipinski definition) is 3. The van der Waals surface area contributed by atoms with Crippen molar-refractivity contribution in [3.63, 3.8) is 0 Å². The number of carboxylic acids is 1. The van der Waals surface area contributed by atoms with Crippen LogP contribution in [0.3, 0.4) is 0 Å². The maximum Gasteiger partial charge on any atom is 0.335 e. The van der Waals surface area contributed by atoms with E-state index in [4.69, 9.17) is 5.11 Å². The molecule has 1 N–H and O–H groups in total. The van der Waals surface area contributed by atoms with Crippen molar-refractivity contribution in [1.82, 2.24) is 14.1 Å². The lowest BCUT2D eigenvalue weighted by atomic mass is 10.2. The SMILES string of the molecule is O=C(O)c1ccc(-n2c(=O)n(Cc3ccccc3)c3ncccc32)cc1. The van der Waals surface area contributed by atoms with Crippen LogP contribution >= 0.6 is 0 Å². The number of fused-ring (bicyclic) bond motifs is 1. The molecular formula is C20H15N3O3. The van der Waals surface area contributed by atoms with Gasteiger partial charge in [-0.3, -0.25) is 9.13 Å². The summed E-state index contributed by atoms with van der Waals surface area (Å²) < 4.78 is 3.17. The smallest absolute Gasteiger partial charge is 0.335 e. The average Bonchev–Trinajstić information content (AvgIpc) is 2.95. The molecule has 0 saturated carbocycles. The zero-order chi connectivity index (χ0) is 18.1. The molecule has 2 heterocycles. The summed E-state index contributed by atoms with van der Waals surface area (Å²) >= 11 is 0. The topological polar surface area (TPSA) is 77.1 Å². The molecule has 0 spiro atoms. The molecule has 4 aromatic rings. The Balaban J connectivity index is 1.89. The molecule has 0 atom stereocenters. The molecule has 0 radical (unpaired) electrons. The van der Waals surface area contributed by atoms with Crippen LogP contribution in [0, 0.1) is 0 Å². The van der Waals surface area contributed by atoms with Gasteiger partial charge in [0.05, 0.1) is 23.3 Å². The molecule has 0 fully saturated rings. The van der Waals surface area contributed by atoms with Crippen molar-refractivity contribution in [2.24, 2.45) is 0 Å². The maximum absolute atomic E-state index is 13.1. The Labute approximate surface area is 148 Å². The minimum absolute atomic E-state index is 0.174. The maximum atomic E-state index is 13.1. The van der Waals surface area contributed by atoms with Gasteiger partial charge in [0.25, 0.3) is 0 Å². The first-order valence-corrected chi connectivity index (χ1v) is 8.09. The Bertz CT molecular complexity index is 1140. The minimum Gasteiger partial charge on any atom is -0.478 e. The molecular weight excluding hydrogens is 330 g/mol. The molecule has 0 aliphatic heterocycles. The van der Waals surface area contributed by atoms with E-state index in [-0.39, 0.29) is 11.3 Å². The van der Waals surface area contributed by atoms with Crippen molar-refractivity contribution in [3.05, 3.63) is 94.5 Å². The molecule has 0 unspecified atom stereocenters. The highest BCUT2D eigenvalue weighted by atomic mass is 16.4. The van der Waals surface area contributed by atoms with Gasteiger partial charge in [-0.15, -0.1) is 0 Å². The first-order chi connectivity index (χ1) is 12.6. The molecule has 128 valence electrons. The first kappa shape index (κ1) is 15.8. The van der Waals surface area contributed by atoms with Gasteiger partial charge in [-0.1, -0.05) is 30.3 Å². The van der Waals surface area contributed by atoms with Crippen molar-refractivity contribution in [2.45, 2.75) is 6.54 Å². The lowest BCUT2D eigenvalue weighted by molar-refractivity contribution is 0.0697. The second kappa shape index (κ2) is 6.33. The second-order valence-electron chi connectivity index (χ2n) is 5.89. The first-order valence-electron chi connectivity index (χ1n) is 8.09. The van der Waals surface area contributed by atoms with E-state index in [1.807, 2.05) is 36.4 Å². The van der Waals surface area contributed by atoms with Crippen molar-refractivity contribution < 1.29 is 9.90 Å². The molecule has 26 heavy (non-hydrogen) atoms. The van der Waals surface area contributed by atoms with Gasteiger partial charge in [-0.2, -0.15) is 0 Å². The molecule has 2 aromatic carbocycles. The number of rotatable bonds is 4. The summed E-state index contributed by atoms with van der Waals surface area (Å²) in [5.41, 5.74) is 2.82. The van der Waals surface area contributed by atoms with Crippen LogP contribution in [0.15, 0.2) is 77.7 Å². The number of aromatic nitrogens is 3. The summed E-state index contributed by atoms with van der Waals surface area (Å²) in [4.78, 5) is 28.5. The fourth-order valence-electron chi connectivity index (χ4n) is 3.00. The van der Waals surface area contributed by atoms with Crippen molar-refractivity contribution >= 4 is 17.1 Å². The van der Waals surface area contributed by atoms with E-state index in [0.29, 0.717) is 23.4 Å². The largest absolute Gasteiger partial charge is 0.478 e. The number of benzene rings is 2. The third kappa shape index (κ3) is 2.67. The number of carboxylic acid groups (broad SMARTS) is 1. The molecule has 2 aromatic heterocycles. The van der Waals surface area contributed by atoms with Gasteiger partial charge in [0.1, 0.15) is 0 Å². The quantitative estimate of drug-likeness (QED) is 0.617. The standard InChI is InChI=1S/C20H15N3O3/c24-19(25)15-8-10-16(11-9-15)23-17-7-4-12-21-18(17)22(20(23)26)13-14-5-2-1-3-6-14/h1-12H,13H2,(H,24,25). The summed E-state index contributed by atoms with van der Waals surface area (Å²) in [6.45, 7) is 0.410. The summed E-state index contributed by atoms with van der Waals surface area (Å²) in [7, 11) is 0. The highest BCUT2D eigenvalue weighted by Gasteiger charge is 2.16. The van der Waals surface area contributed by atoms with Gasteiger partial charge in [0, 0.05) is 6.20 Å². The zero-order valence-corrected chi connectivity index (χ0v) is 13.7. The Morgan fingerprint density at radius 1 is 0.962 bits per heavy atom. The minimum atomic E-state index is -1.00. The van der Waals surface area contributed by atoms with Crippen LogP contribution in [0.1, 0.15) is 15.9 Å². The summed E-state index contributed by atoms with van der Waals surface area (Å²) in [5.74, 6) is -1.00. The van der Waals surface area contributed by atoms with Crippen LogP contribution in [0.25, 0.3) is 16.9 Å². The van der Waals surface area contributed by atoms with E-state index < -0.39 is 5.97 Å². The molecule has 6 nitrogen and oxygen atoms in total. The normalized spacial score (nSPS) is 10.9. The Morgan fingerprint density at radius 3 is 2.38 bits per heavy atom. The molecule has 0 aliphatic carbocycles. The lowest BCUT2D eigenvalue weighted by Gasteiger charge is -2.04. The van der Waals surface area contributed by atoms with Crippen LogP contribution < -0.4 is 5.69 Å². The Morgan fingerprint density at radius 2 is 1.69 bits per heavy atom. The van der Waals surface area contributed by atoms with Crippen LogP contribution in [-0.2, 0) is 6.54 Å². The fraction of sp³-hybridized carbons (Fsp3) is 0.0500. The zero-order valence-electron chi connectivity index (χ0n) is 13.7. The van der Waals surface area contributed by atoms with Gasteiger partial charge in [-0.25, -0.2) is 14.6 Å². The van der Waals surface area contributed by atoms with Crippen molar-refractivity contribution in [3.8, 4) is 5.69 Å². The molecule has 0 saturated heterocycles. The van der Waals surface area contributed by atoms with E-state index in [1.54, 1.807) is 33.5 Å². The van der Waals surface area contributed by atoms with Crippen LogP contribution in [-0.4, -0.2) is 25.2 Å². The number of imidazole rings is 1. The monoisotopic (exact) mass is 345 g/mol. The van der Waals surface area contributed by atoms with Gasteiger partial charge < -0.3 is 5.11 Å². The van der Waals surface area contributed by atoms with E-state index in [9.17, 15) is 9.59 Å². The number of nitrogens with zero attached hydrogens (tertiary/aromatic N) is 3. The second-order valence-corrected chi connectivity index (χ2v) is 5.89. The number of aromatic carboxylic acids is 1. The number of hydrogen-bond donors (Lipinski definition) is 1. The summed E-state index contributed by atoms with van der Waals surface area (Å²) in [6.07, 6.45) is 1.65. The average molecular weight is 345 g/mol. The molecule has 0 amide bonds. The van der Waals surface area contributed by atoms with Crippen LogP contribution in [0.2, 0.25) is 0 Å². The van der Waals surface area contributed by atoms with Gasteiger partial charge >= 0.3 is 11.7 Å². The van der Waals surface area contributed by atoms with Crippen LogP contribution in [0.4, 0.5) is 0 Å². The molecule has 0 aliphatic rings. The number of carbonyl (C=O) groups is 1. The van der Waals surface area contributed by atoms with Crippen LogP contribution in [0.5, 0.6) is 0 Å². The molecule has 4 rings (SSSR count). The third-order valence-electron chi connectivity index (χ3n) is 4.24. The van der Waals surface area contributed by atoms with E-state index in [2.05, 4.69) is 4.98 Å². The predicted molar refractivity (Wildman–Crippen MR) is 97.8 cm³/mol. The summed E-state index contributed by atoms with van der Waals surface area (Å²) in [5, 5.41) is 9.06. The predicted octanol–water partition coefficient (Wildman–Crippen LogP) is 2.93. The van der Waals surface area contributed by atoms with E-state index >= 15 is 0 Å².